The molecule has 0 radical (unpaired) electrons. The first kappa shape index (κ1) is 16.6. The largest absolute Gasteiger partial charge is 0.396 e. The molecule has 2 N–H and O–H groups in total. The van der Waals surface area contributed by atoms with Crippen molar-refractivity contribution in [1.82, 2.24) is 10.3 Å². The fourth-order valence-corrected chi connectivity index (χ4v) is 3.85. The fourth-order valence-electron chi connectivity index (χ4n) is 2.72. The van der Waals surface area contributed by atoms with Gasteiger partial charge in [-0.25, -0.2) is 0 Å². The zero-order valence-corrected chi connectivity index (χ0v) is 14.3. The zero-order valence-electron chi connectivity index (χ0n) is 13.5. The number of pyridine rings is 1. The lowest BCUT2D eigenvalue weighted by molar-refractivity contribution is 0.0943. The molecule has 24 heavy (non-hydrogen) atoms. The van der Waals surface area contributed by atoms with Crippen molar-refractivity contribution in [2.75, 3.05) is 13.2 Å². The van der Waals surface area contributed by atoms with Crippen molar-refractivity contribution in [3.63, 3.8) is 0 Å². The number of aromatic nitrogens is 1. The van der Waals surface area contributed by atoms with Crippen LogP contribution >= 0.6 is 11.3 Å². The molecule has 3 aromatic rings. The third-order valence-corrected chi connectivity index (χ3v) is 5.35. The van der Waals surface area contributed by atoms with E-state index >= 15 is 0 Å². The third-order valence-electron chi connectivity index (χ3n) is 4.08. The van der Waals surface area contributed by atoms with Crippen LogP contribution < -0.4 is 5.32 Å². The summed E-state index contributed by atoms with van der Waals surface area (Å²) in [6.07, 6.45) is 2.38. The first-order chi connectivity index (χ1) is 11.7. The molecule has 1 aromatic carbocycles. The van der Waals surface area contributed by atoms with Crippen molar-refractivity contribution in [1.29, 1.82) is 0 Å². The number of hydrogen-bond donors (Lipinski definition) is 2. The molecule has 0 aliphatic heterocycles. The Balaban J connectivity index is 1.66. The van der Waals surface area contributed by atoms with E-state index in [2.05, 4.69) is 10.3 Å². The number of carbonyl (C=O) groups excluding carboxylic acids is 1. The van der Waals surface area contributed by atoms with E-state index in [9.17, 15) is 9.90 Å². The Bertz CT molecular complexity index is 830. The maximum Gasteiger partial charge on any atom is 0.261 e. The number of nitrogens with one attached hydrogen (secondary N) is 1. The average Bonchev–Trinajstić information content (AvgIpc) is 2.96. The van der Waals surface area contributed by atoms with Crippen molar-refractivity contribution in [2.45, 2.75) is 13.3 Å². The van der Waals surface area contributed by atoms with Gasteiger partial charge < -0.3 is 10.4 Å². The first-order valence-electron chi connectivity index (χ1n) is 7.96. The van der Waals surface area contributed by atoms with Gasteiger partial charge in [-0.2, -0.15) is 0 Å². The van der Waals surface area contributed by atoms with E-state index in [-0.39, 0.29) is 18.4 Å². The van der Waals surface area contributed by atoms with Crippen molar-refractivity contribution in [3.8, 4) is 0 Å². The maximum atomic E-state index is 12.5. The summed E-state index contributed by atoms with van der Waals surface area (Å²) in [5.41, 5.74) is 1.93. The Labute approximate surface area is 145 Å². The minimum atomic E-state index is -0.0758. The highest BCUT2D eigenvalue weighted by molar-refractivity contribution is 7.21. The van der Waals surface area contributed by atoms with Gasteiger partial charge in [0.15, 0.2) is 0 Å². The third kappa shape index (κ3) is 3.63. The highest BCUT2D eigenvalue weighted by Gasteiger charge is 2.17. The van der Waals surface area contributed by atoms with Crippen LogP contribution in [0.1, 0.15) is 20.9 Å². The van der Waals surface area contributed by atoms with Gasteiger partial charge in [-0.15, -0.1) is 11.3 Å². The molecule has 124 valence electrons. The first-order valence-corrected chi connectivity index (χ1v) is 8.77. The number of aliphatic hydroxyl groups excluding tert-OH is 1. The molecule has 1 amide bonds. The summed E-state index contributed by atoms with van der Waals surface area (Å²) < 4.78 is 1.12. The Morgan fingerprint density at radius 1 is 1.25 bits per heavy atom. The molecule has 2 heterocycles. The summed E-state index contributed by atoms with van der Waals surface area (Å²) in [7, 11) is 0. The second-order valence-electron chi connectivity index (χ2n) is 5.84. The van der Waals surface area contributed by atoms with Crippen LogP contribution in [0.5, 0.6) is 0 Å². The summed E-state index contributed by atoms with van der Waals surface area (Å²) >= 11 is 1.51. The van der Waals surface area contributed by atoms with E-state index in [0.29, 0.717) is 13.0 Å². The topological polar surface area (TPSA) is 62.2 Å². The highest BCUT2D eigenvalue weighted by Crippen LogP contribution is 2.30. The summed E-state index contributed by atoms with van der Waals surface area (Å²) in [5, 5.41) is 13.6. The van der Waals surface area contributed by atoms with Gasteiger partial charge in [-0.1, -0.05) is 24.3 Å². The fraction of sp³-hybridized carbons (Fsp3) is 0.263. The lowest BCUT2D eigenvalue weighted by Gasteiger charge is -2.14. The SMILES string of the molecule is Cc1c(C(=O)NCC(CO)Cc2ccccn2)sc2ccccc12. The number of amides is 1. The van der Waals surface area contributed by atoms with Crippen LogP contribution in [0.25, 0.3) is 10.1 Å². The summed E-state index contributed by atoms with van der Waals surface area (Å²) in [6, 6.07) is 13.8. The molecule has 0 aliphatic carbocycles. The van der Waals surface area contributed by atoms with Crippen LogP contribution in [0.4, 0.5) is 0 Å². The van der Waals surface area contributed by atoms with Gasteiger partial charge in [-0.05, 0) is 42.5 Å². The summed E-state index contributed by atoms with van der Waals surface area (Å²) in [5.74, 6) is -0.119. The van der Waals surface area contributed by atoms with Crippen LogP contribution in [0.3, 0.4) is 0 Å². The van der Waals surface area contributed by atoms with Crippen molar-refractivity contribution >= 4 is 27.3 Å². The number of aryl methyl sites for hydroxylation is 1. The van der Waals surface area contributed by atoms with Gasteiger partial charge in [0.2, 0.25) is 0 Å². The lowest BCUT2D eigenvalue weighted by Crippen LogP contribution is -2.31. The highest BCUT2D eigenvalue weighted by atomic mass is 32.1. The Hall–Kier alpha value is -2.24. The minimum absolute atomic E-state index is 0.0161. The number of rotatable bonds is 6. The lowest BCUT2D eigenvalue weighted by atomic mass is 10.0. The standard InChI is InChI=1S/C19H20N2O2S/c1-13-16-7-2-3-8-17(16)24-18(13)19(23)21-11-14(12-22)10-15-6-4-5-9-20-15/h2-9,14,22H,10-12H2,1H3,(H,21,23). The molecule has 2 aromatic heterocycles. The molecule has 0 aliphatic rings. The van der Waals surface area contributed by atoms with Gasteiger partial charge in [0.1, 0.15) is 0 Å². The van der Waals surface area contributed by atoms with E-state index in [1.165, 1.54) is 11.3 Å². The molecule has 1 atom stereocenters. The molecule has 0 fully saturated rings. The van der Waals surface area contributed by atoms with Gasteiger partial charge in [0, 0.05) is 35.7 Å². The van der Waals surface area contributed by atoms with Crippen LogP contribution in [-0.4, -0.2) is 29.1 Å². The number of thiophene rings is 1. The quantitative estimate of drug-likeness (QED) is 0.724. The van der Waals surface area contributed by atoms with E-state index in [4.69, 9.17) is 0 Å². The summed E-state index contributed by atoms with van der Waals surface area (Å²) in [4.78, 5) is 17.5. The number of fused-ring (bicyclic) bond motifs is 1. The Kier molecular flexibility index (Phi) is 5.23. The monoisotopic (exact) mass is 340 g/mol. The number of benzene rings is 1. The predicted octanol–water partition coefficient (Wildman–Crippen LogP) is 3.19. The number of nitrogens with zero attached hydrogens (tertiary/aromatic N) is 1. The minimum Gasteiger partial charge on any atom is -0.396 e. The van der Waals surface area contributed by atoms with Crippen molar-refractivity contribution in [2.24, 2.45) is 5.92 Å². The molecule has 0 saturated heterocycles. The van der Waals surface area contributed by atoms with Crippen LogP contribution in [-0.2, 0) is 6.42 Å². The zero-order chi connectivity index (χ0) is 16.9. The van der Waals surface area contributed by atoms with Crippen LogP contribution in [0.15, 0.2) is 48.7 Å². The number of hydrogen-bond acceptors (Lipinski definition) is 4. The number of aliphatic hydroxyl groups is 1. The molecule has 0 bridgehead atoms. The molecule has 0 saturated carbocycles. The van der Waals surface area contributed by atoms with E-state index in [1.54, 1.807) is 6.20 Å². The second kappa shape index (κ2) is 7.55. The van der Waals surface area contributed by atoms with E-state index in [1.807, 2.05) is 49.4 Å². The van der Waals surface area contributed by atoms with Gasteiger partial charge in [0.05, 0.1) is 4.88 Å². The molecule has 0 spiro atoms. The molecule has 5 heteroatoms. The number of carbonyl (C=O) groups is 1. The van der Waals surface area contributed by atoms with Crippen LogP contribution in [0.2, 0.25) is 0 Å². The van der Waals surface area contributed by atoms with E-state index in [0.717, 1.165) is 26.2 Å². The molecule has 3 rings (SSSR count). The summed E-state index contributed by atoms with van der Waals surface area (Å²) in [6.45, 7) is 2.42. The van der Waals surface area contributed by atoms with Gasteiger partial charge >= 0.3 is 0 Å². The molecule has 4 nitrogen and oxygen atoms in total. The molecular formula is C19H20N2O2S. The van der Waals surface area contributed by atoms with Crippen LogP contribution in [0, 0.1) is 12.8 Å². The Morgan fingerprint density at radius 3 is 2.75 bits per heavy atom. The van der Waals surface area contributed by atoms with E-state index < -0.39 is 0 Å². The van der Waals surface area contributed by atoms with Crippen molar-refractivity contribution in [3.05, 3.63) is 64.8 Å². The molecule has 1 unspecified atom stereocenters. The van der Waals surface area contributed by atoms with Crippen molar-refractivity contribution < 1.29 is 9.90 Å². The average molecular weight is 340 g/mol. The van der Waals surface area contributed by atoms with Gasteiger partial charge in [-0.3, -0.25) is 9.78 Å². The Morgan fingerprint density at radius 2 is 2.04 bits per heavy atom. The van der Waals surface area contributed by atoms with Gasteiger partial charge in [0.25, 0.3) is 5.91 Å². The smallest absolute Gasteiger partial charge is 0.261 e. The second-order valence-corrected chi connectivity index (χ2v) is 6.89. The molecular weight excluding hydrogens is 320 g/mol. The predicted molar refractivity (Wildman–Crippen MR) is 97.4 cm³/mol. The normalized spacial score (nSPS) is 12.2. The maximum absolute atomic E-state index is 12.5.